The average molecular weight is 264 g/mol. The minimum atomic E-state index is -0.384. The third kappa shape index (κ3) is 3.96. The van der Waals surface area contributed by atoms with Crippen molar-refractivity contribution in [2.75, 3.05) is 13.2 Å². The van der Waals surface area contributed by atoms with Crippen molar-refractivity contribution in [2.24, 2.45) is 10.8 Å². The first kappa shape index (κ1) is 26.5. The Kier molecular flexibility index (Phi) is 12.0. The lowest BCUT2D eigenvalue weighted by atomic mass is 9.63. The SMILES string of the molecule is C.C.C.C.CCC1(C(C)(C)C(C)(C)C)OCCO1. The number of hydrogen-bond donors (Lipinski definition) is 0. The summed E-state index contributed by atoms with van der Waals surface area (Å²) in [4.78, 5) is 0. The molecule has 1 heterocycles. The highest BCUT2D eigenvalue weighted by molar-refractivity contribution is 4.96. The lowest BCUT2D eigenvalue weighted by molar-refractivity contribution is -0.257. The van der Waals surface area contributed by atoms with E-state index in [1.807, 2.05) is 0 Å². The molecule has 0 aliphatic carbocycles. The lowest BCUT2D eigenvalue weighted by Crippen LogP contribution is -2.52. The summed E-state index contributed by atoms with van der Waals surface area (Å²) < 4.78 is 11.7. The summed E-state index contributed by atoms with van der Waals surface area (Å²) >= 11 is 0. The molecule has 2 heteroatoms. The van der Waals surface area contributed by atoms with E-state index in [2.05, 4.69) is 41.5 Å². The molecule has 0 aromatic heterocycles. The van der Waals surface area contributed by atoms with E-state index in [0.29, 0.717) is 0 Å². The Hall–Kier alpha value is -0.0800. The normalized spacial score (nSPS) is 17.7. The van der Waals surface area contributed by atoms with Gasteiger partial charge in [0.05, 0.1) is 13.2 Å². The summed E-state index contributed by atoms with van der Waals surface area (Å²) in [6.07, 6.45) is 0.914. The first-order valence-electron chi connectivity index (χ1n) is 5.55. The Bertz CT molecular complexity index is 196. The van der Waals surface area contributed by atoms with Crippen molar-refractivity contribution in [3.8, 4) is 0 Å². The van der Waals surface area contributed by atoms with Gasteiger partial charge in [0.1, 0.15) is 0 Å². The first-order valence-corrected chi connectivity index (χ1v) is 5.55. The van der Waals surface area contributed by atoms with Crippen molar-refractivity contribution >= 4 is 0 Å². The van der Waals surface area contributed by atoms with Crippen molar-refractivity contribution in [1.82, 2.24) is 0 Å². The van der Waals surface area contributed by atoms with Crippen molar-refractivity contribution in [2.45, 2.75) is 83.5 Å². The summed E-state index contributed by atoms with van der Waals surface area (Å²) in [5, 5.41) is 0. The highest BCUT2D eigenvalue weighted by atomic mass is 16.7. The van der Waals surface area contributed by atoms with Crippen LogP contribution in [0.2, 0.25) is 0 Å². The molecule has 0 N–H and O–H groups in total. The molecule has 1 aliphatic rings. The molecule has 18 heavy (non-hydrogen) atoms. The summed E-state index contributed by atoms with van der Waals surface area (Å²) in [6, 6.07) is 0. The predicted octanol–water partition coefficient (Wildman–Crippen LogP) is 5.76. The van der Waals surface area contributed by atoms with E-state index in [0.717, 1.165) is 19.6 Å². The largest absolute Gasteiger partial charge is 0.347 e. The van der Waals surface area contributed by atoms with Gasteiger partial charge in [0.25, 0.3) is 0 Å². The van der Waals surface area contributed by atoms with Gasteiger partial charge in [0, 0.05) is 5.41 Å². The summed E-state index contributed by atoms with van der Waals surface area (Å²) in [7, 11) is 0. The van der Waals surface area contributed by atoms with Crippen LogP contribution in [0.4, 0.5) is 0 Å². The molecule has 1 rings (SSSR count). The van der Waals surface area contributed by atoms with Crippen LogP contribution in [0, 0.1) is 10.8 Å². The fraction of sp³-hybridized carbons (Fsp3) is 1.00. The maximum atomic E-state index is 5.86. The van der Waals surface area contributed by atoms with Crippen LogP contribution in [0.3, 0.4) is 0 Å². The van der Waals surface area contributed by atoms with Gasteiger partial charge in [-0.1, -0.05) is 71.2 Å². The van der Waals surface area contributed by atoms with Crippen molar-refractivity contribution in [3.05, 3.63) is 0 Å². The van der Waals surface area contributed by atoms with Gasteiger partial charge in [-0.15, -0.1) is 0 Å². The molecule has 2 nitrogen and oxygen atoms in total. The molecule has 0 bridgehead atoms. The van der Waals surface area contributed by atoms with Crippen LogP contribution in [-0.4, -0.2) is 19.0 Å². The highest BCUT2D eigenvalue weighted by Gasteiger charge is 2.54. The third-order valence-corrected chi connectivity index (χ3v) is 4.05. The monoisotopic (exact) mass is 264 g/mol. The fourth-order valence-electron chi connectivity index (χ4n) is 2.03. The summed E-state index contributed by atoms with van der Waals surface area (Å²) in [6.45, 7) is 14.8. The van der Waals surface area contributed by atoms with Crippen LogP contribution < -0.4 is 0 Å². The Balaban J connectivity index is -0.000000245. The van der Waals surface area contributed by atoms with E-state index in [1.165, 1.54) is 0 Å². The molecule has 0 radical (unpaired) electrons. The standard InChI is InChI=1S/C12H24O2.4CH4/c1-7-12(13-8-9-14-12)11(5,6)10(2,3)4;;;;/h7-9H2,1-6H3;4*1H4. The van der Waals surface area contributed by atoms with E-state index >= 15 is 0 Å². The van der Waals surface area contributed by atoms with E-state index in [1.54, 1.807) is 0 Å². The Labute approximate surface area is 117 Å². The van der Waals surface area contributed by atoms with Crippen molar-refractivity contribution < 1.29 is 9.47 Å². The van der Waals surface area contributed by atoms with Crippen LogP contribution >= 0.6 is 0 Å². The van der Waals surface area contributed by atoms with Crippen molar-refractivity contribution in [3.63, 3.8) is 0 Å². The van der Waals surface area contributed by atoms with Gasteiger partial charge in [0.15, 0.2) is 5.79 Å². The van der Waals surface area contributed by atoms with Crippen LogP contribution in [0.15, 0.2) is 0 Å². The summed E-state index contributed by atoms with van der Waals surface area (Å²) in [5.74, 6) is -0.384. The van der Waals surface area contributed by atoms with Crippen LogP contribution in [0.5, 0.6) is 0 Å². The molecule has 0 aromatic carbocycles. The third-order valence-electron chi connectivity index (χ3n) is 4.05. The zero-order valence-electron chi connectivity index (χ0n) is 10.4. The van der Waals surface area contributed by atoms with Crippen LogP contribution in [0.25, 0.3) is 0 Å². The molecule has 0 spiro atoms. The quantitative estimate of drug-likeness (QED) is 0.631. The van der Waals surface area contributed by atoms with Gasteiger partial charge in [-0.3, -0.25) is 0 Å². The molecule has 0 amide bonds. The van der Waals surface area contributed by atoms with Crippen LogP contribution in [0.1, 0.15) is 77.7 Å². The Morgan fingerprint density at radius 2 is 1.17 bits per heavy atom. The molecule has 0 aromatic rings. The average Bonchev–Trinajstić information content (AvgIpc) is 2.51. The van der Waals surface area contributed by atoms with E-state index in [4.69, 9.17) is 9.47 Å². The van der Waals surface area contributed by atoms with E-state index < -0.39 is 0 Å². The van der Waals surface area contributed by atoms with E-state index in [9.17, 15) is 0 Å². The minimum Gasteiger partial charge on any atom is -0.347 e. The Morgan fingerprint density at radius 1 is 0.833 bits per heavy atom. The zero-order chi connectivity index (χ0) is 11.0. The van der Waals surface area contributed by atoms with Crippen molar-refractivity contribution in [1.29, 1.82) is 0 Å². The molecular formula is C16H40O2. The highest BCUT2D eigenvalue weighted by Crippen LogP contribution is 2.51. The summed E-state index contributed by atoms with van der Waals surface area (Å²) in [5.41, 5.74) is 0.193. The topological polar surface area (TPSA) is 18.5 Å². The Morgan fingerprint density at radius 3 is 1.39 bits per heavy atom. The molecule has 1 fully saturated rings. The fourth-order valence-corrected chi connectivity index (χ4v) is 2.03. The molecule has 1 saturated heterocycles. The molecule has 0 unspecified atom stereocenters. The van der Waals surface area contributed by atoms with Gasteiger partial charge < -0.3 is 9.47 Å². The molecule has 0 atom stereocenters. The number of rotatable bonds is 2. The maximum absolute atomic E-state index is 5.86. The molecular weight excluding hydrogens is 224 g/mol. The maximum Gasteiger partial charge on any atom is 0.173 e. The van der Waals surface area contributed by atoms with Gasteiger partial charge in [-0.25, -0.2) is 0 Å². The van der Waals surface area contributed by atoms with Gasteiger partial charge in [-0.05, 0) is 11.8 Å². The number of hydrogen-bond acceptors (Lipinski definition) is 2. The lowest BCUT2D eigenvalue weighted by Gasteiger charge is -2.49. The second-order valence-corrected chi connectivity index (χ2v) is 5.68. The van der Waals surface area contributed by atoms with Gasteiger partial charge >= 0.3 is 0 Å². The molecule has 0 saturated carbocycles. The zero-order valence-corrected chi connectivity index (χ0v) is 10.4. The van der Waals surface area contributed by atoms with Gasteiger partial charge in [0.2, 0.25) is 0 Å². The molecule has 1 aliphatic heterocycles. The smallest absolute Gasteiger partial charge is 0.173 e. The minimum absolute atomic E-state index is 0. The second kappa shape index (κ2) is 8.16. The predicted molar refractivity (Wildman–Crippen MR) is 85.1 cm³/mol. The van der Waals surface area contributed by atoms with E-state index in [-0.39, 0.29) is 46.3 Å². The van der Waals surface area contributed by atoms with Crippen LogP contribution in [-0.2, 0) is 9.47 Å². The first-order chi connectivity index (χ1) is 6.27. The second-order valence-electron chi connectivity index (χ2n) is 5.68. The molecule has 116 valence electrons. The van der Waals surface area contributed by atoms with Gasteiger partial charge in [-0.2, -0.15) is 0 Å². The number of ether oxygens (including phenoxy) is 2.